The number of hydrogen-bond acceptors (Lipinski definition) is 2. The standard InChI is InChI=1S/C8H15NO2/c1-5-9(7(4)10)8(11)6(2)3/h7,10H,2,5H2,1,3-4H3. The first kappa shape index (κ1) is 10.2. The highest BCUT2D eigenvalue weighted by molar-refractivity contribution is 5.92. The van der Waals surface area contributed by atoms with Crippen molar-refractivity contribution in [2.24, 2.45) is 0 Å². The van der Waals surface area contributed by atoms with E-state index in [1.807, 2.05) is 6.92 Å². The lowest BCUT2D eigenvalue weighted by Crippen LogP contribution is -2.38. The van der Waals surface area contributed by atoms with Gasteiger partial charge in [-0.1, -0.05) is 6.58 Å². The summed E-state index contributed by atoms with van der Waals surface area (Å²) in [5.74, 6) is -0.192. The van der Waals surface area contributed by atoms with E-state index in [2.05, 4.69) is 6.58 Å². The molecule has 0 aliphatic heterocycles. The predicted octanol–water partition coefficient (Wildman–Crippen LogP) is 0.749. The Labute approximate surface area is 67.3 Å². The maximum Gasteiger partial charge on any atom is 0.250 e. The third-order valence-electron chi connectivity index (χ3n) is 1.42. The first-order valence-electron chi connectivity index (χ1n) is 3.65. The van der Waals surface area contributed by atoms with Crippen LogP contribution in [-0.2, 0) is 4.79 Å². The SMILES string of the molecule is C=C(C)C(=O)N(CC)C(C)O. The Bertz CT molecular complexity index is 163. The van der Waals surface area contributed by atoms with Gasteiger partial charge in [0.2, 0.25) is 0 Å². The van der Waals surface area contributed by atoms with Crippen molar-refractivity contribution in [1.82, 2.24) is 4.90 Å². The maximum atomic E-state index is 11.2. The van der Waals surface area contributed by atoms with Crippen LogP contribution in [0.3, 0.4) is 0 Å². The average molecular weight is 157 g/mol. The van der Waals surface area contributed by atoms with Crippen LogP contribution in [0.25, 0.3) is 0 Å². The number of carbonyl (C=O) groups is 1. The van der Waals surface area contributed by atoms with Gasteiger partial charge in [0.15, 0.2) is 0 Å². The summed E-state index contributed by atoms with van der Waals surface area (Å²) in [7, 11) is 0. The molecule has 0 fully saturated rings. The zero-order valence-electron chi connectivity index (χ0n) is 7.29. The molecule has 1 atom stereocenters. The highest BCUT2D eigenvalue weighted by Gasteiger charge is 2.15. The molecule has 0 bridgehead atoms. The minimum Gasteiger partial charge on any atom is -0.374 e. The Morgan fingerprint density at radius 3 is 2.27 bits per heavy atom. The van der Waals surface area contributed by atoms with Crippen LogP contribution in [0.2, 0.25) is 0 Å². The molecule has 0 aromatic carbocycles. The van der Waals surface area contributed by atoms with E-state index in [-0.39, 0.29) is 5.91 Å². The zero-order chi connectivity index (χ0) is 9.02. The third kappa shape index (κ3) is 2.72. The van der Waals surface area contributed by atoms with Crippen LogP contribution in [0.4, 0.5) is 0 Å². The molecule has 1 N–H and O–H groups in total. The summed E-state index contributed by atoms with van der Waals surface area (Å²) in [5.41, 5.74) is 0.452. The molecule has 0 rings (SSSR count). The van der Waals surface area contributed by atoms with Crippen LogP contribution < -0.4 is 0 Å². The molecule has 0 saturated carbocycles. The van der Waals surface area contributed by atoms with Crippen molar-refractivity contribution in [1.29, 1.82) is 0 Å². The van der Waals surface area contributed by atoms with Crippen molar-refractivity contribution >= 4 is 5.91 Å². The molecular formula is C8H15NO2. The number of likely N-dealkylation sites (N-methyl/N-ethyl adjacent to an activating group) is 1. The Hall–Kier alpha value is -0.830. The van der Waals surface area contributed by atoms with Crippen LogP contribution in [0, 0.1) is 0 Å². The van der Waals surface area contributed by atoms with E-state index < -0.39 is 6.23 Å². The summed E-state index contributed by atoms with van der Waals surface area (Å²) >= 11 is 0. The fourth-order valence-corrected chi connectivity index (χ4v) is 0.823. The van der Waals surface area contributed by atoms with Crippen LogP contribution >= 0.6 is 0 Å². The number of nitrogens with zero attached hydrogens (tertiary/aromatic N) is 1. The number of amides is 1. The van der Waals surface area contributed by atoms with E-state index in [9.17, 15) is 4.79 Å². The van der Waals surface area contributed by atoms with Gasteiger partial charge >= 0.3 is 0 Å². The van der Waals surface area contributed by atoms with Gasteiger partial charge < -0.3 is 10.0 Å². The normalized spacial score (nSPS) is 12.4. The molecule has 3 heteroatoms. The summed E-state index contributed by atoms with van der Waals surface area (Å²) in [5, 5.41) is 9.10. The molecule has 0 heterocycles. The summed E-state index contributed by atoms with van der Waals surface area (Å²) < 4.78 is 0. The van der Waals surface area contributed by atoms with Crippen molar-refractivity contribution in [2.45, 2.75) is 27.0 Å². The minimum absolute atomic E-state index is 0.192. The second-order valence-corrected chi connectivity index (χ2v) is 2.50. The number of aliphatic hydroxyl groups excluding tert-OH is 1. The van der Waals surface area contributed by atoms with E-state index in [0.29, 0.717) is 12.1 Å². The lowest BCUT2D eigenvalue weighted by molar-refractivity contribution is -0.135. The maximum absolute atomic E-state index is 11.2. The smallest absolute Gasteiger partial charge is 0.250 e. The fraction of sp³-hybridized carbons (Fsp3) is 0.625. The predicted molar refractivity (Wildman–Crippen MR) is 43.9 cm³/mol. The Kier molecular flexibility index (Phi) is 3.82. The van der Waals surface area contributed by atoms with Gasteiger partial charge in [-0.25, -0.2) is 0 Å². The molecule has 3 nitrogen and oxygen atoms in total. The van der Waals surface area contributed by atoms with Gasteiger partial charge in [0.1, 0.15) is 6.23 Å². The van der Waals surface area contributed by atoms with Crippen LogP contribution in [0.15, 0.2) is 12.2 Å². The lowest BCUT2D eigenvalue weighted by Gasteiger charge is -2.23. The molecule has 0 saturated heterocycles. The summed E-state index contributed by atoms with van der Waals surface area (Å²) in [6.07, 6.45) is -0.732. The Morgan fingerprint density at radius 1 is 1.73 bits per heavy atom. The largest absolute Gasteiger partial charge is 0.374 e. The average Bonchev–Trinajstić information content (AvgIpc) is 1.88. The molecule has 1 amide bonds. The highest BCUT2D eigenvalue weighted by atomic mass is 16.3. The van der Waals surface area contributed by atoms with E-state index >= 15 is 0 Å². The van der Waals surface area contributed by atoms with E-state index in [1.165, 1.54) is 4.90 Å². The minimum atomic E-state index is -0.732. The molecule has 1 unspecified atom stereocenters. The van der Waals surface area contributed by atoms with E-state index in [1.54, 1.807) is 13.8 Å². The van der Waals surface area contributed by atoms with E-state index in [0.717, 1.165) is 0 Å². The van der Waals surface area contributed by atoms with Gasteiger partial charge in [-0.2, -0.15) is 0 Å². The second-order valence-electron chi connectivity index (χ2n) is 2.50. The van der Waals surface area contributed by atoms with Crippen LogP contribution in [0.1, 0.15) is 20.8 Å². The Morgan fingerprint density at radius 2 is 2.18 bits per heavy atom. The fourth-order valence-electron chi connectivity index (χ4n) is 0.823. The molecule has 11 heavy (non-hydrogen) atoms. The summed E-state index contributed by atoms with van der Waals surface area (Å²) in [6.45, 7) is 9.01. The molecule has 0 spiro atoms. The Balaban J connectivity index is 4.26. The first-order chi connectivity index (χ1) is 5.00. The van der Waals surface area contributed by atoms with Crippen molar-refractivity contribution in [3.05, 3.63) is 12.2 Å². The molecule has 0 radical (unpaired) electrons. The number of hydrogen-bond donors (Lipinski definition) is 1. The number of aliphatic hydroxyl groups is 1. The number of rotatable bonds is 3. The molecule has 64 valence electrons. The van der Waals surface area contributed by atoms with Gasteiger partial charge in [0, 0.05) is 12.1 Å². The van der Waals surface area contributed by atoms with Crippen molar-refractivity contribution in [2.75, 3.05) is 6.54 Å². The third-order valence-corrected chi connectivity index (χ3v) is 1.42. The van der Waals surface area contributed by atoms with Gasteiger partial charge in [-0.3, -0.25) is 4.79 Å². The van der Waals surface area contributed by atoms with Gasteiger partial charge in [-0.15, -0.1) is 0 Å². The number of carbonyl (C=O) groups excluding carboxylic acids is 1. The zero-order valence-corrected chi connectivity index (χ0v) is 7.29. The summed E-state index contributed by atoms with van der Waals surface area (Å²) in [6, 6.07) is 0. The molecule has 0 aromatic heterocycles. The lowest BCUT2D eigenvalue weighted by atomic mass is 10.3. The van der Waals surface area contributed by atoms with Crippen LogP contribution in [-0.4, -0.2) is 28.7 Å². The topological polar surface area (TPSA) is 40.5 Å². The van der Waals surface area contributed by atoms with Crippen molar-refractivity contribution < 1.29 is 9.90 Å². The van der Waals surface area contributed by atoms with Gasteiger partial charge in [0.25, 0.3) is 5.91 Å². The molecule has 0 aliphatic rings. The molecule has 0 aliphatic carbocycles. The molecular weight excluding hydrogens is 142 g/mol. The quantitative estimate of drug-likeness (QED) is 0.485. The molecule has 0 aromatic rings. The van der Waals surface area contributed by atoms with Crippen molar-refractivity contribution in [3.8, 4) is 0 Å². The van der Waals surface area contributed by atoms with Gasteiger partial charge in [-0.05, 0) is 20.8 Å². The van der Waals surface area contributed by atoms with E-state index in [4.69, 9.17) is 5.11 Å². The summed E-state index contributed by atoms with van der Waals surface area (Å²) in [4.78, 5) is 12.5. The monoisotopic (exact) mass is 157 g/mol. The highest BCUT2D eigenvalue weighted by Crippen LogP contribution is 2.01. The first-order valence-corrected chi connectivity index (χ1v) is 3.65. The van der Waals surface area contributed by atoms with Crippen LogP contribution in [0.5, 0.6) is 0 Å². The van der Waals surface area contributed by atoms with Crippen molar-refractivity contribution in [3.63, 3.8) is 0 Å². The second kappa shape index (κ2) is 4.13. The van der Waals surface area contributed by atoms with Gasteiger partial charge in [0.05, 0.1) is 0 Å².